The number of ether oxygens (including phenoxy) is 1. The molecule has 1 aliphatic carbocycles. The average molecular weight is 389 g/mol. The Bertz CT molecular complexity index is 928. The van der Waals surface area contributed by atoms with E-state index in [4.69, 9.17) is 4.74 Å². The zero-order chi connectivity index (χ0) is 20.1. The Labute approximate surface area is 171 Å². The lowest BCUT2D eigenvalue weighted by atomic mass is 9.93. The van der Waals surface area contributed by atoms with Crippen LogP contribution >= 0.6 is 0 Å². The lowest BCUT2D eigenvalue weighted by Crippen LogP contribution is -2.41. The number of methoxy groups -OCH3 is 1. The van der Waals surface area contributed by atoms with E-state index in [0.29, 0.717) is 12.1 Å². The van der Waals surface area contributed by atoms with E-state index >= 15 is 0 Å². The van der Waals surface area contributed by atoms with Crippen molar-refractivity contribution in [2.45, 2.75) is 44.7 Å². The summed E-state index contributed by atoms with van der Waals surface area (Å²) in [7, 11) is 1.63. The van der Waals surface area contributed by atoms with Gasteiger partial charge < -0.3 is 9.64 Å². The number of rotatable bonds is 6. The second kappa shape index (κ2) is 8.95. The van der Waals surface area contributed by atoms with Gasteiger partial charge in [-0.3, -0.25) is 9.89 Å². The Kier molecular flexibility index (Phi) is 5.94. The van der Waals surface area contributed by atoms with Gasteiger partial charge in [0.15, 0.2) is 0 Å². The highest BCUT2D eigenvalue weighted by molar-refractivity contribution is 5.94. The van der Waals surface area contributed by atoms with Crippen molar-refractivity contribution in [1.82, 2.24) is 15.1 Å². The minimum atomic E-state index is 0.0631. The van der Waals surface area contributed by atoms with Crippen molar-refractivity contribution in [3.63, 3.8) is 0 Å². The number of benzene rings is 2. The van der Waals surface area contributed by atoms with Crippen molar-refractivity contribution in [3.8, 4) is 16.9 Å². The van der Waals surface area contributed by atoms with Crippen molar-refractivity contribution in [1.29, 1.82) is 0 Å². The topological polar surface area (TPSA) is 58.2 Å². The van der Waals surface area contributed by atoms with E-state index in [1.807, 2.05) is 53.6 Å². The van der Waals surface area contributed by atoms with Gasteiger partial charge in [-0.2, -0.15) is 5.10 Å². The van der Waals surface area contributed by atoms with Crippen molar-refractivity contribution in [2.24, 2.45) is 0 Å². The van der Waals surface area contributed by atoms with E-state index in [-0.39, 0.29) is 11.9 Å². The van der Waals surface area contributed by atoms with Crippen LogP contribution in [0, 0.1) is 0 Å². The van der Waals surface area contributed by atoms with Crippen LogP contribution in [0.3, 0.4) is 0 Å². The Morgan fingerprint density at radius 3 is 2.48 bits per heavy atom. The first kappa shape index (κ1) is 19.2. The van der Waals surface area contributed by atoms with Crippen LogP contribution in [0.2, 0.25) is 0 Å². The van der Waals surface area contributed by atoms with Crippen LogP contribution in [0.25, 0.3) is 11.1 Å². The van der Waals surface area contributed by atoms with Crippen LogP contribution in [0.1, 0.15) is 48.2 Å². The van der Waals surface area contributed by atoms with Gasteiger partial charge in [0.25, 0.3) is 5.91 Å². The van der Waals surface area contributed by atoms with Gasteiger partial charge in [0.1, 0.15) is 5.75 Å². The van der Waals surface area contributed by atoms with Crippen LogP contribution in [0.5, 0.6) is 5.75 Å². The maximum absolute atomic E-state index is 13.5. The molecule has 2 aromatic carbocycles. The van der Waals surface area contributed by atoms with Gasteiger partial charge >= 0.3 is 0 Å². The molecule has 1 aromatic heterocycles. The monoisotopic (exact) mass is 389 g/mol. The molecule has 150 valence electrons. The molecule has 0 aliphatic heterocycles. The summed E-state index contributed by atoms with van der Waals surface area (Å²) in [5, 5.41) is 7.41. The van der Waals surface area contributed by atoms with Crippen LogP contribution < -0.4 is 4.74 Å². The minimum absolute atomic E-state index is 0.0631. The molecule has 5 nitrogen and oxygen atoms in total. The molecule has 1 aliphatic rings. The van der Waals surface area contributed by atoms with Gasteiger partial charge in [0.2, 0.25) is 0 Å². The highest BCUT2D eigenvalue weighted by Gasteiger charge is 2.27. The van der Waals surface area contributed by atoms with Crippen LogP contribution in [-0.2, 0) is 6.54 Å². The van der Waals surface area contributed by atoms with Gasteiger partial charge in [-0.25, -0.2) is 0 Å². The highest BCUT2D eigenvalue weighted by atomic mass is 16.5. The molecule has 29 heavy (non-hydrogen) atoms. The smallest absolute Gasteiger partial charge is 0.254 e. The number of H-pyrrole nitrogens is 1. The van der Waals surface area contributed by atoms with Crippen molar-refractivity contribution in [2.75, 3.05) is 7.11 Å². The quantitative estimate of drug-likeness (QED) is 0.641. The summed E-state index contributed by atoms with van der Waals surface area (Å²) in [6, 6.07) is 17.8. The van der Waals surface area contributed by atoms with Crippen molar-refractivity contribution in [3.05, 3.63) is 72.1 Å². The average Bonchev–Trinajstić information content (AvgIpc) is 3.26. The van der Waals surface area contributed by atoms with Crippen molar-refractivity contribution >= 4 is 5.91 Å². The maximum atomic E-state index is 13.5. The fraction of sp³-hybridized carbons (Fsp3) is 0.333. The van der Waals surface area contributed by atoms with Crippen LogP contribution in [0.15, 0.2) is 60.8 Å². The predicted octanol–water partition coefficient (Wildman–Crippen LogP) is 5.06. The number of nitrogens with zero attached hydrogens (tertiary/aromatic N) is 2. The summed E-state index contributed by atoms with van der Waals surface area (Å²) < 4.78 is 5.24. The largest absolute Gasteiger partial charge is 0.497 e. The van der Waals surface area contributed by atoms with E-state index in [1.165, 1.54) is 19.3 Å². The Hall–Kier alpha value is -3.08. The molecule has 1 saturated carbocycles. The van der Waals surface area contributed by atoms with Crippen molar-refractivity contribution < 1.29 is 9.53 Å². The third-order valence-corrected chi connectivity index (χ3v) is 5.74. The van der Waals surface area contributed by atoms with E-state index < -0.39 is 0 Å². The second-order valence-electron chi connectivity index (χ2n) is 7.58. The highest BCUT2D eigenvalue weighted by Crippen LogP contribution is 2.29. The third-order valence-electron chi connectivity index (χ3n) is 5.74. The predicted molar refractivity (Wildman–Crippen MR) is 114 cm³/mol. The molecule has 0 saturated heterocycles. The Morgan fingerprint density at radius 2 is 1.79 bits per heavy atom. The molecule has 5 heteroatoms. The molecule has 0 spiro atoms. The van der Waals surface area contributed by atoms with Gasteiger partial charge in [0, 0.05) is 17.2 Å². The molecular weight excluding hydrogens is 362 g/mol. The lowest BCUT2D eigenvalue weighted by molar-refractivity contribution is 0.0611. The summed E-state index contributed by atoms with van der Waals surface area (Å²) in [6.45, 7) is 0.528. The summed E-state index contributed by atoms with van der Waals surface area (Å²) in [5.74, 6) is 0.818. The molecule has 1 fully saturated rings. The standard InChI is InChI=1S/C24H27N3O2/c1-29-21-14-12-19(13-15-21)24(28)27(20-10-6-3-7-11-20)17-23-22(16-25-26-23)18-8-4-2-5-9-18/h2,4-5,8-9,12-16,20H,3,6-7,10-11,17H2,1H3,(H,25,26). The number of aromatic nitrogens is 2. The van der Waals surface area contributed by atoms with Gasteiger partial charge in [-0.15, -0.1) is 0 Å². The third kappa shape index (κ3) is 4.34. The first-order valence-electron chi connectivity index (χ1n) is 10.3. The molecule has 0 unspecified atom stereocenters. The fourth-order valence-corrected chi connectivity index (χ4v) is 4.13. The molecule has 3 aromatic rings. The maximum Gasteiger partial charge on any atom is 0.254 e. The zero-order valence-corrected chi connectivity index (χ0v) is 16.8. The molecule has 1 heterocycles. The number of carbonyl (C=O) groups is 1. The summed E-state index contributed by atoms with van der Waals surface area (Å²) in [6.07, 6.45) is 7.55. The fourth-order valence-electron chi connectivity index (χ4n) is 4.13. The van der Waals surface area contributed by atoms with Gasteiger partial charge in [-0.05, 0) is 42.7 Å². The Morgan fingerprint density at radius 1 is 1.07 bits per heavy atom. The second-order valence-corrected chi connectivity index (χ2v) is 7.58. The zero-order valence-electron chi connectivity index (χ0n) is 16.8. The molecular formula is C24H27N3O2. The normalized spacial score (nSPS) is 14.5. The molecule has 0 bridgehead atoms. The van der Waals surface area contributed by atoms with Crippen LogP contribution in [0.4, 0.5) is 0 Å². The summed E-state index contributed by atoms with van der Waals surface area (Å²) in [5.41, 5.74) is 3.83. The van der Waals surface area contributed by atoms with Crippen LogP contribution in [-0.4, -0.2) is 34.2 Å². The molecule has 1 N–H and O–H groups in total. The first-order chi connectivity index (χ1) is 14.3. The summed E-state index contributed by atoms with van der Waals surface area (Å²) >= 11 is 0. The molecule has 0 atom stereocenters. The van der Waals surface area contributed by atoms with E-state index in [9.17, 15) is 4.79 Å². The Balaban J connectivity index is 1.63. The van der Waals surface area contributed by atoms with E-state index in [2.05, 4.69) is 22.3 Å². The minimum Gasteiger partial charge on any atom is -0.497 e. The van der Waals surface area contributed by atoms with Gasteiger partial charge in [0.05, 0.1) is 25.5 Å². The molecule has 1 amide bonds. The number of hydrogen-bond donors (Lipinski definition) is 1. The molecule has 4 rings (SSSR count). The first-order valence-corrected chi connectivity index (χ1v) is 10.3. The number of nitrogens with one attached hydrogen (secondary N) is 1. The summed E-state index contributed by atoms with van der Waals surface area (Å²) in [4.78, 5) is 15.5. The number of carbonyl (C=O) groups excluding carboxylic acids is 1. The molecule has 0 radical (unpaired) electrons. The van der Waals surface area contributed by atoms with E-state index in [1.54, 1.807) is 7.11 Å². The SMILES string of the molecule is COc1ccc(C(=O)N(Cc2[nH]ncc2-c2ccccc2)C2CCCCC2)cc1. The van der Waals surface area contributed by atoms with E-state index in [0.717, 1.165) is 35.4 Å². The number of amides is 1. The van der Waals surface area contributed by atoms with Gasteiger partial charge in [-0.1, -0.05) is 49.6 Å². The number of aromatic amines is 1. The lowest BCUT2D eigenvalue weighted by Gasteiger charge is -2.34. The number of hydrogen-bond acceptors (Lipinski definition) is 3.